The van der Waals surface area contributed by atoms with Crippen LogP contribution < -0.4 is 10.0 Å². The second kappa shape index (κ2) is 7.57. The summed E-state index contributed by atoms with van der Waals surface area (Å²) in [5.41, 5.74) is 0. The van der Waals surface area contributed by atoms with E-state index >= 15 is 0 Å². The Morgan fingerprint density at radius 3 is 2.74 bits per heavy atom. The van der Waals surface area contributed by atoms with Gasteiger partial charge in [0.2, 0.25) is 10.0 Å². The molecule has 1 aliphatic carbocycles. The van der Waals surface area contributed by atoms with Gasteiger partial charge in [-0.2, -0.15) is 0 Å². The third-order valence-electron chi connectivity index (χ3n) is 3.77. The molecule has 2 rings (SSSR count). The Hall–Kier alpha value is -0.170. The van der Waals surface area contributed by atoms with E-state index in [0.29, 0.717) is 25.6 Å². The van der Waals surface area contributed by atoms with Crippen molar-refractivity contribution in [2.24, 2.45) is 5.92 Å². The molecule has 1 atom stereocenters. The first-order chi connectivity index (χ1) is 9.16. The Morgan fingerprint density at radius 1 is 1.21 bits per heavy atom. The fourth-order valence-corrected chi connectivity index (χ4v) is 3.48. The van der Waals surface area contributed by atoms with E-state index in [9.17, 15) is 8.42 Å². The zero-order valence-electron chi connectivity index (χ0n) is 11.6. The molecule has 2 N–H and O–H groups in total. The van der Waals surface area contributed by atoms with Crippen LogP contribution in [0.2, 0.25) is 0 Å². The molecule has 19 heavy (non-hydrogen) atoms. The molecule has 0 aromatic rings. The topological polar surface area (TPSA) is 67.4 Å². The summed E-state index contributed by atoms with van der Waals surface area (Å²) in [6.45, 7) is 2.69. The number of piperidine rings is 1. The summed E-state index contributed by atoms with van der Waals surface area (Å²) in [5.74, 6) is 0.946. The average Bonchev–Trinajstić information content (AvgIpc) is 3.21. The van der Waals surface area contributed by atoms with Gasteiger partial charge in [0, 0.05) is 19.2 Å². The quantitative estimate of drug-likeness (QED) is 0.618. The van der Waals surface area contributed by atoms with Crippen molar-refractivity contribution in [1.29, 1.82) is 0 Å². The monoisotopic (exact) mass is 290 g/mol. The molecule has 1 aliphatic heterocycles. The maximum Gasteiger partial charge on any atom is 0.211 e. The lowest BCUT2D eigenvalue weighted by Crippen LogP contribution is -2.37. The molecule has 6 heteroatoms. The Balaban J connectivity index is 1.52. The van der Waals surface area contributed by atoms with Crippen LogP contribution in [-0.4, -0.2) is 46.5 Å². The Morgan fingerprint density at radius 2 is 2.05 bits per heavy atom. The molecule has 1 heterocycles. The zero-order chi connectivity index (χ0) is 13.6. The van der Waals surface area contributed by atoms with E-state index in [1.165, 1.54) is 25.7 Å². The van der Waals surface area contributed by atoms with Gasteiger partial charge in [0.05, 0.1) is 12.4 Å². The Labute approximate surface area is 116 Å². The minimum Gasteiger partial charge on any atom is -0.380 e. The van der Waals surface area contributed by atoms with Crippen molar-refractivity contribution in [2.45, 2.75) is 44.6 Å². The van der Waals surface area contributed by atoms with Crippen molar-refractivity contribution in [2.75, 3.05) is 32.1 Å². The molecule has 2 aliphatic rings. The minimum absolute atomic E-state index is 0.216. The standard InChI is InChI=1S/C13H26N2O3S/c16-19(17,10-6-13-3-1-2-7-14-13)15-8-9-18-11-12-4-5-12/h12-15H,1-11H2. The number of sulfonamides is 1. The number of ether oxygens (including phenoxy) is 1. The number of hydrogen-bond donors (Lipinski definition) is 2. The lowest BCUT2D eigenvalue weighted by molar-refractivity contribution is 0.129. The molecule has 1 unspecified atom stereocenters. The smallest absolute Gasteiger partial charge is 0.211 e. The first-order valence-electron chi connectivity index (χ1n) is 7.44. The van der Waals surface area contributed by atoms with E-state index in [4.69, 9.17) is 4.74 Å². The highest BCUT2D eigenvalue weighted by atomic mass is 32.2. The van der Waals surface area contributed by atoms with Crippen LogP contribution in [0.5, 0.6) is 0 Å². The lowest BCUT2D eigenvalue weighted by Gasteiger charge is -2.23. The molecule has 2 fully saturated rings. The highest BCUT2D eigenvalue weighted by Crippen LogP contribution is 2.28. The average molecular weight is 290 g/mol. The van der Waals surface area contributed by atoms with Crippen LogP contribution >= 0.6 is 0 Å². The highest BCUT2D eigenvalue weighted by Gasteiger charge is 2.21. The van der Waals surface area contributed by atoms with Crippen LogP contribution in [0.25, 0.3) is 0 Å². The van der Waals surface area contributed by atoms with Gasteiger partial charge in [-0.05, 0) is 44.6 Å². The van der Waals surface area contributed by atoms with E-state index in [-0.39, 0.29) is 5.75 Å². The third kappa shape index (κ3) is 6.70. The first kappa shape index (κ1) is 15.2. The molecule has 0 radical (unpaired) electrons. The van der Waals surface area contributed by atoms with Crippen molar-refractivity contribution in [1.82, 2.24) is 10.0 Å². The molecule has 0 aromatic heterocycles. The molecule has 0 amide bonds. The summed E-state index contributed by atoms with van der Waals surface area (Å²) in [5, 5.41) is 3.37. The van der Waals surface area contributed by atoms with Crippen molar-refractivity contribution < 1.29 is 13.2 Å². The highest BCUT2D eigenvalue weighted by molar-refractivity contribution is 7.89. The van der Waals surface area contributed by atoms with Crippen molar-refractivity contribution >= 4 is 10.0 Å². The van der Waals surface area contributed by atoms with Gasteiger partial charge in [-0.15, -0.1) is 0 Å². The van der Waals surface area contributed by atoms with E-state index in [2.05, 4.69) is 10.0 Å². The van der Waals surface area contributed by atoms with Gasteiger partial charge in [0.15, 0.2) is 0 Å². The molecule has 0 bridgehead atoms. The second-order valence-corrected chi connectivity index (χ2v) is 7.59. The lowest BCUT2D eigenvalue weighted by atomic mass is 10.0. The van der Waals surface area contributed by atoms with E-state index < -0.39 is 10.0 Å². The van der Waals surface area contributed by atoms with Crippen molar-refractivity contribution in [3.05, 3.63) is 0 Å². The van der Waals surface area contributed by atoms with Crippen molar-refractivity contribution in [3.8, 4) is 0 Å². The van der Waals surface area contributed by atoms with Crippen LogP contribution in [0.4, 0.5) is 0 Å². The summed E-state index contributed by atoms with van der Waals surface area (Å²) in [6, 6.07) is 0.372. The Kier molecular flexibility index (Phi) is 6.06. The van der Waals surface area contributed by atoms with Gasteiger partial charge in [-0.25, -0.2) is 13.1 Å². The number of nitrogens with one attached hydrogen (secondary N) is 2. The largest absolute Gasteiger partial charge is 0.380 e. The van der Waals surface area contributed by atoms with E-state index in [1.54, 1.807) is 0 Å². The Bertz CT molecular complexity index is 349. The van der Waals surface area contributed by atoms with Crippen LogP contribution in [0.1, 0.15) is 38.5 Å². The second-order valence-electron chi connectivity index (χ2n) is 5.67. The molecule has 5 nitrogen and oxygen atoms in total. The molecule has 1 saturated heterocycles. The summed E-state index contributed by atoms with van der Waals surface area (Å²) >= 11 is 0. The maximum absolute atomic E-state index is 11.8. The van der Waals surface area contributed by atoms with Gasteiger partial charge >= 0.3 is 0 Å². The van der Waals surface area contributed by atoms with Gasteiger partial charge in [-0.1, -0.05) is 6.42 Å². The van der Waals surface area contributed by atoms with E-state index in [0.717, 1.165) is 25.5 Å². The summed E-state index contributed by atoms with van der Waals surface area (Å²) in [6.07, 6.45) is 6.75. The van der Waals surface area contributed by atoms with Gasteiger partial charge < -0.3 is 10.1 Å². The molecule has 0 aromatic carbocycles. The van der Waals surface area contributed by atoms with Crippen LogP contribution in [-0.2, 0) is 14.8 Å². The minimum atomic E-state index is -3.14. The maximum atomic E-state index is 11.8. The van der Waals surface area contributed by atoms with Crippen molar-refractivity contribution in [3.63, 3.8) is 0 Å². The number of hydrogen-bond acceptors (Lipinski definition) is 4. The van der Waals surface area contributed by atoms with Gasteiger partial charge in [-0.3, -0.25) is 0 Å². The normalized spacial score (nSPS) is 24.5. The van der Waals surface area contributed by atoms with Gasteiger partial charge in [0.25, 0.3) is 0 Å². The third-order valence-corrected chi connectivity index (χ3v) is 5.18. The molecular formula is C13H26N2O3S. The van der Waals surface area contributed by atoms with Gasteiger partial charge in [0.1, 0.15) is 0 Å². The summed E-state index contributed by atoms with van der Waals surface area (Å²) in [4.78, 5) is 0. The molecule has 1 saturated carbocycles. The number of rotatable bonds is 9. The van der Waals surface area contributed by atoms with Crippen LogP contribution in [0.3, 0.4) is 0 Å². The molecule has 0 spiro atoms. The summed E-state index contributed by atoms with van der Waals surface area (Å²) < 4.78 is 31.6. The predicted molar refractivity (Wildman–Crippen MR) is 75.6 cm³/mol. The fraction of sp³-hybridized carbons (Fsp3) is 1.00. The molecule has 112 valence electrons. The SMILES string of the molecule is O=S(=O)(CCC1CCCCN1)NCCOCC1CC1. The fourth-order valence-electron chi connectivity index (χ4n) is 2.34. The zero-order valence-corrected chi connectivity index (χ0v) is 12.4. The van der Waals surface area contributed by atoms with Crippen LogP contribution in [0.15, 0.2) is 0 Å². The van der Waals surface area contributed by atoms with E-state index in [1.807, 2.05) is 0 Å². The molecular weight excluding hydrogens is 264 g/mol. The first-order valence-corrected chi connectivity index (χ1v) is 9.09. The summed E-state index contributed by atoms with van der Waals surface area (Å²) in [7, 11) is -3.14. The predicted octanol–water partition coefficient (Wildman–Crippen LogP) is 0.865. The van der Waals surface area contributed by atoms with Crippen LogP contribution in [0, 0.1) is 5.92 Å².